The van der Waals surface area contributed by atoms with Crippen LogP contribution in [0, 0.1) is 6.92 Å². The van der Waals surface area contributed by atoms with Crippen molar-refractivity contribution < 1.29 is 9.90 Å². The van der Waals surface area contributed by atoms with Gasteiger partial charge >= 0.3 is 5.97 Å². The zero-order valence-electron chi connectivity index (χ0n) is 8.79. The fourth-order valence-electron chi connectivity index (χ4n) is 1.86. The lowest BCUT2D eigenvalue weighted by Crippen LogP contribution is -1.99. The van der Waals surface area contributed by atoms with Crippen LogP contribution in [0.25, 0.3) is 10.9 Å². The van der Waals surface area contributed by atoms with E-state index in [9.17, 15) is 4.79 Å². The molecule has 78 valence electrons. The van der Waals surface area contributed by atoms with Crippen LogP contribution < -0.4 is 0 Å². The van der Waals surface area contributed by atoms with E-state index in [2.05, 4.69) is 11.9 Å². The van der Waals surface area contributed by atoms with E-state index >= 15 is 0 Å². The number of aromatic amines is 1. The molecule has 1 aromatic carbocycles. The second-order valence-electron chi connectivity index (χ2n) is 3.69. The van der Waals surface area contributed by atoms with Gasteiger partial charge in [-0.3, -0.25) is 0 Å². The third-order valence-corrected chi connectivity index (χ3v) is 2.72. The van der Waals surface area contributed by atoms with Crippen LogP contribution in [0.15, 0.2) is 18.3 Å². The molecule has 0 unspecified atom stereocenters. The molecule has 0 amide bonds. The molecule has 1 aromatic heterocycles. The molecule has 0 saturated heterocycles. The number of aromatic carboxylic acids is 1. The highest BCUT2D eigenvalue weighted by molar-refractivity contribution is 5.96. The predicted molar refractivity (Wildman–Crippen MR) is 59.4 cm³/mol. The standard InChI is InChI=1S/C12H13NO2/c1-3-8-6-13-11-4-7(2)9(12(14)15)5-10(8)11/h4-6,13H,3H2,1-2H3,(H,14,15). The first-order valence-corrected chi connectivity index (χ1v) is 4.97. The van der Waals surface area contributed by atoms with E-state index in [0.29, 0.717) is 5.56 Å². The summed E-state index contributed by atoms with van der Waals surface area (Å²) < 4.78 is 0. The van der Waals surface area contributed by atoms with Crippen molar-refractivity contribution in [2.75, 3.05) is 0 Å². The molecule has 0 fully saturated rings. The zero-order valence-corrected chi connectivity index (χ0v) is 8.79. The van der Waals surface area contributed by atoms with Gasteiger partial charge in [-0.05, 0) is 36.6 Å². The first kappa shape index (κ1) is 9.77. The van der Waals surface area contributed by atoms with Crippen molar-refractivity contribution in [3.63, 3.8) is 0 Å². The number of aryl methyl sites for hydroxylation is 2. The summed E-state index contributed by atoms with van der Waals surface area (Å²) in [4.78, 5) is 14.1. The Labute approximate surface area is 87.7 Å². The lowest BCUT2D eigenvalue weighted by molar-refractivity contribution is 0.0696. The largest absolute Gasteiger partial charge is 0.478 e. The number of aromatic nitrogens is 1. The van der Waals surface area contributed by atoms with Gasteiger partial charge in [0.25, 0.3) is 0 Å². The minimum Gasteiger partial charge on any atom is -0.478 e. The number of H-pyrrole nitrogens is 1. The Kier molecular flexibility index (Phi) is 2.23. The van der Waals surface area contributed by atoms with Crippen molar-refractivity contribution in [2.45, 2.75) is 20.3 Å². The van der Waals surface area contributed by atoms with E-state index in [0.717, 1.165) is 28.5 Å². The van der Waals surface area contributed by atoms with Crippen molar-refractivity contribution >= 4 is 16.9 Å². The van der Waals surface area contributed by atoms with E-state index in [-0.39, 0.29) is 0 Å². The third-order valence-electron chi connectivity index (χ3n) is 2.72. The molecule has 0 aliphatic carbocycles. The number of carbonyl (C=O) groups is 1. The Bertz CT molecular complexity index is 526. The molecule has 0 aliphatic rings. The Morgan fingerprint density at radius 1 is 1.47 bits per heavy atom. The third kappa shape index (κ3) is 1.50. The highest BCUT2D eigenvalue weighted by atomic mass is 16.4. The van der Waals surface area contributed by atoms with Crippen molar-refractivity contribution in [1.29, 1.82) is 0 Å². The topological polar surface area (TPSA) is 53.1 Å². The minimum atomic E-state index is -0.863. The summed E-state index contributed by atoms with van der Waals surface area (Å²) in [6.07, 6.45) is 2.85. The second-order valence-corrected chi connectivity index (χ2v) is 3.69. The van der Waals surface area contributed by atoms with Gasteiger partial charge in [0.15, 0.2) is 0 Å². The van der Waals surface area contributed by atoms with Gasteiger partial charge < -0.3 is 10.1 Å². The molecule has 2 N–H and O–H groups in total. The van der Waals surface area contributed by atoms with Crippen LogP contribution >= 0.6 is 0 Å². The molecule has 2 aromatic rings. The van der Waals surface area contributed by atoms with Crippen LogP contribution in [-0.4, -0.2) is 16.1 Å². The van der Waals surface area contributed by atoms with Crippen molar-refractivity contribution in [3.8, 4) is 0 Å². The van der Waals surface area contributed by atoms with Gasteiger partial charge in [0, 0.05) is 17.1 Å². The molecular formula is C12H13NO2. The highest BCUT2D eigenvalue weighted by Gasteiger charge is 2.10. The molecule has 2 rings (SSSR count). The second kappa shape index (κ2) is 3.42. The normalized spacial score (nSPS) is 10.8. The van der Waals surface area contributed by atoms with Gasteiger partial charge in [-0.25, -0.2) is 4.79 Å². The van der Waals surface area contributed by atoms with Crippen molar-refractivity contribution in [1.82, 2.24) is 4.98 Å². The van der Waals surface area contributed by atoms with E-state index in [1.54, 1.807) is 6.07 Å². The number of nitrogens with one attached hydrogen (secondary N) is 1. The van der Waals surface area contributed by atoms with Gasteiger partial charge in [0.2, 0.25) is 0 Å². The maximum Gasteiger partial charge on any atom is 0.335 e. The smallest absolute Gasteiger partial charge is 0.335 e. The summed E-state index contributed by atoms with van der Waals surface area (Å²) in [6, 6.07) is 3.64. The molecule has 0 aliphatic heterocycles. The van der Waals surface area contributed by atoms with Crippen LogP contribution in [0.5, 0.6) is 0 Å². The van der Waals surface area contributed by atoms with Gasteiger partial charge in [-0.15, -0.1) is 0 Å². The average molecular weight is 203 g/mol. The molecule has 0 spiro atoms. The van der Waals surface area contributed by atoms with Crippen LogP contribution in [-0.2, 0) is 6.42 Å². The summed E-state index contributed by atoms with van der Waals surface area (Å²) >= 11 is 0. The Balaban J connectivity index is 2.75. The molecular weight excluding hydrogens is 190 g/mol. The van der Waals surface area contributed by atoms with E-state index in [1.807, 2.05) is 19.2 Å². The van der Waals surface area contributed by atoms with E-state index < -0.39 is 5.97 Å². The van der Waals surface area contributed by atoms with Crippen molar-refractivity contribution in [2.24, 2.45) is 0 Å². The Morgan fingerprint density at radius 2 is 2.20 bits per heavy atom. The van der Waals surface area contributed by atoms with E-state index in [4.69, 9.17) is 5.11 Å². The predicted octanol–water partition coefficient (Wildman–Crippen LogP) is 2.74. The molecule has 3 heteroatoms. The summed E-state index contributed by atoms with van der Waals surface area (Å²) in [6.45, 7) is 3.87. The quantitative estimate of drug-likeness (QED) is 0.788. The highest BCUT2D eigenvalue weighted by Crippen LogP contribution is 2.23. The summed E-state index contributed by atoms with van der Waals surface area (Å²) in [5.41, 5.74) is 3.35. The monoisotopic (exact) mass is 203 g/mol. The van der Waals surface area contributed by atoms with Crippen LogP contribution in [0.1, 0.15) is 28.4 Å². The summed E-state index contributed by atoms with van der Waals surface area (Å²) in [7, 11) is 0. The molecule has 0 bridgehead atoms. The number of carboxylic acids is 1. The number of hydrogen-bond donors (Lipinski definition) is 2. The van der Waals surface area contributed by atoms with Crippen LogP contribution in [0.4, 0.5) is 0 Å². The van der Waals surface area contributed by atoms with E-state index in [1.165, 1.54) is 0 Å². The molecule has 0 radical (unpaired) electrons. The maximum absolute atomic E-state index is 11.0. The minimum absolute atomic E-state index is 0.386. The number of carboxylic acid groups (broad SMARTS) is 1. The fraction of sp³-hybridized carbons (Fsp3) is 0.250. The first-order valence-electron chi connectivity index (χ1n) is 4.97. The fourth-order valence-corrected chi connectivity index (χ4v) is 1.86. The SMILES string of the molecule is CCc1c[nH]c2cc(C)c(C(=O)O)cc12. The lowest BCUT2D eigenvalue weighted by Gasteiger charge is -2.01. The van der Waals surface area contributed by atoms with Crippen LogP contribution in [0.3, 0.4) is 0 Å². The number of benzene rings is 1. The number of fused-ring (bicyclic) bond motifs is 1. The van der Waals surface area contributed by atoms with Gasteiger partial charge in [0.1, 0.15) is 0 Å². The van der Waals surface area contributed by atoms with Crippen molar-refractivity contribution in [3.05, 3.63) is 35.0 Å². The lowest BCUT2D eigenvalue weighted by atomic mass is 10.0. The van der Waals surface area contributed by atoms with Gasteiger partial charge in [-0.2, -0.15) is 0 Å². The van der Waals surface area contributed by atoms with Crippen LogP contribution in [0.2, 0.25) is 0 Å². The number of hydrogen-bond acceptors (Lipinski definition) is 1. The van der Waals surface area contributed by atoms with Gasteiger partial charge in [-0.1, -0.05) is 6.92 Å². The first-order chi connectivity index (χ1) is 7.13. The molecule has 3 nitrogen and oxygen atoms in total. The van der Waals surface area contributed by atoms with Gasteiger partial charge in [0.05, 0.1) is 5.56 Å². The molecule has 0 saturated carbocycles. The zero-order chi connectivity index (χ0) is 11.0. The Hall–Kier alpha value is -1.77. The maximum atomic E-state index is 11.0. The summed E-state index contributed by atoms with van der Waals surface area (Å²) in [5, 5.41) is 10.0. The Morgan fingerprint density at radius 3 is 2.80 bits per heavy atom. The molecule has 1 heterocycles. The molecule has 0 atom stereocenters. The molecule has 15 heavy (non-hydrogen) atoms. The number of rotatable bonds is 2. The summed E-state index contributed by atoms with van der Waals surface area (Å²) in [5.74, 6) is -0.863. The average Bonchev–Trinajstić information content (AvgIpc) is 2.58.